The molecule has 2 aromatic rings. The van der Waals surface area contributed by atoms with Gasteiger partial charge in [-0.2, -0.15) is 0 Å². The molecule has 0 spiro atoms. The highest BCUT2D eigenvalue weighted by molar-refractivity contribution is 7.17. The first kappa shape index (κ1) is 16.5. The molecule has 1 aliphatic rings. The zero-order valence-electron chi connectivity index (χ0n) is 13.7. The van der Waals surface area contributed by atoms with Crippen molar-refractivity contribution in [3.63, 3.8) is 0 Å². The minimum Gasteiger partial charge on any atom is -0.496 e. The first-order valence-corrected chi connectivity index (χ1v) is 8.71. The van der Waals surface area contributed by atoms with Crippen LogP contribution in [0.5, 0.6) is 5.75 Å². The monoisotopic (exact) mass is 344 g/mol. The number of hydrogen-bond acceptors (Lipinski definition) is 4. The van der Waals surface area contributed by atoms with Crippen LogP contribution < -0.4 is 15.8 Å². The molecule has 0 bridgehead atoms. The van der Waals surface area contributed by atoms with E-state index in [2.05, 4.69) is 12.2 Å². The Morgan fingerprint density at radius 1 is 1.33 bits per heavy atom. The second kappa shape index (κ2) is 6.65. The Hall–Kier alpha value is -2.34. The standard InChI is InChI=1S/C18H20N2O3S/c1-10-7-8-14-12(9-10)15(16(19)21)18(24-14)20-17(22)11-5-3-4-6-13(11)23-2/h3-6,10H,7-9H2,1-2H3,(H2,19,21)(H,20,22)/t10-/m1/s1. The molecule has 0 fully saturated rings. The molecular formula is C18H20N2O3S. The highest BCUT2D eigenvalue weighted by atomic mass is 32.1. The molecule has 0 unspecified atom stereocenters. The summed E-state index contributed by atoms with van der Waals surface area (Å²) < 4.78 is 5.23. The molecule has 6 heteroatoms. The number of ether oxygens (including phenoxy) is 1. The van der Waals surface area contributed by atoms with Gasteiger partial charge in [-0.15, -0.1) is 11.3 Å². The molecule has 0 aliphatic heterocycles. The van der Waals surface area contributed by atoms with Crippen molar-refractivity contribution in [2.45, 2.75) is 26.2 Å². The van der Waals surface area contributed by atoms with Crippen LogP contribution in [-0.4, -0.2) is 18.9 Å². The second-order valence-electron chi connectivity index (χ2n) is 6.07. The lowest BCUT2D eigenvalue weighted by Gasteiger charge is -2.18. The van der Waals surface area contributed by atoms with Gasteiger partial charge < -0.3 is 15.8 Å². The van der Waals surface area contributed by atoms with E-state index in [-0.39, 0.29) is 5.91 Å². The Labute approximate surface area is 144 Å². The molecule has 1 aromatic carbocycles. The lowest BCUT2D eigenvalue weighted by molar-refractivity contribution is 0.1000. The number of fused-ring (bicyclic) bond motifs is 1. The molecule has 0 saturated carbocycles. The number of methoxy groups -OCH3 is 1. The van der Waals surface area contributed by atoms with Crippen molar-refractivity contribution in [2.75, 3.05) is 12.4 Å². The van der Waals surface area contributed by atoms with Crippen LogP contribution in [0.2, 0.25) is 0 Å². The van der Waals surface area contributed by atoms with E-state index in [1.54, 1.807) is 24.3 Å². The summed E-state index contributed by atoms with van der Waals surface area (Å²) >= 11 is 1.46. The number of carbonyl (C=O) groups excluding carboxylic acids is 2. The van der Waals surface area contributed by atoms with Crippen LogP contribution in [0.4, 0.5) is 5.00 Å². The Morgan fingerprint density at radius 2 is 2.08 bits per heavy atom. The van der Waals surface area contributed by atoms with Crippen molar-refractivity contribution in [1.82, 2.24) is 0 Å². The predicted molar refractivity (Wildman–Crippen MR) is 95.0 cm³/mol. The molecule has 0 saturated heterocycles. The first-order chi connectivity index (χ1) is 11.5. The Kier molecular flexibility index (Phi) is 4.57. The smallest absolute Gasteiger partial charge is 0.260 e. The van der Waals surface area contributed by atoms with Gasteiger partial charge in [0.05, 0.1) is 18.2 Å². The van der Waals surface area contributed by atoms with Gasteiger partial charge in [0.25, 0.3) is 11.8 Å². The van der Waals surface area contributed by atoms with Gasteiger partial charge in [0, 0.05) is 4.88 Å². The maximum Gasteiger partial charge on any atom is 0.260 e. The number of nitrogens with one attached hydrogen (secondary N) is 1. The molecule has 3 rings (SSSR count). The van der Waals surface area contributed by atoms with Crippen LogP contribution >= 0.6 is 11.3 Å². The number of thiophene rings is 1. The summed E-state index contributed by atoms with van der Waals surface area (Å²) in [5.74, 6) is 0.215. The van der Waals surface area contributed by atoms with Crippen LogP contribution in [0.25, 0.3) is 0 Å². The number of aryl methyl sites for hydroxylation is 1. The minimum absolute atomic E-state index is 0.304. The lowest BCUT2D eigenvalue weighted by atomic mass is 9.87. The third-order valence-corrected chi connectivity index (χ3v) is 5.54. The third kappa shape index (κ3) is 3.01. The van der Waals surface area contributed by atoms with E-state index in [4.69, 9.17) is 10.5 Å². The molecule has 1 atom stereocenters. The number of carbonyl (C=O) groups is 2. The fourth-order valence-corrected chi connectivity index (χ4v) is 4.35. The van der Waals surface area contributed by atoms with Crippen molar-refractivity contribution in [2.24, 2.45) is 11.7 Å². The summed E-state index contributed by atoms with van der Waals surface area (Å²) in [5, 5.41) is 3.39. The van der Waals surface area contributed by atoms with Crippen LogP contribution in [0.1, 0.15) is 44.5 Å². The molecule has 1 heterocycles. The maximum atomic E-state index is 12.6. The topological polar surface area (TPSA) is 81.4 Å². The number of hydrogen-bond donors (Lipinski definition) is 2. The molecule has 0 radical (unpaired) electrons. The number of anilines is 1. The van der Waals surface area contributed by atoms with Gasteiger partial charge in [-0.05, 0) is 42.9 Å². The number of para-hydroxylation sites is 1. The highest BCUT2D eigenvalue weighted by Gasteiger charge is 2.27. The van der Waals surface area contributed by atoms with E-state index < -0.39 is 5.91 Å². The van der Waals surface area contributed by atoms with Crippen LogP contribution in [0, 0.1) is 5.92 Å². The van der Waals surface area contributed by atoms with E-state index in [9.17, 15) is 9.59 Å². The largest absolute Gasteiger partial charge is 0.496 e. The Bertz CT molecular complexity index is 798. The van der Waals surface area contributed by atoms with Crippen molar-refractivity contribution in [3.8, 4) is 5.75 Å². The Balaban J connectivity index is 1.95. The summed E-state index contributed by atoms with van der Waals surface area (Å²) in [5.41, 5.74) is 7.48. The van der Waals surface area contributed by atoms with E-state index >= 15 is 0 Å². The number of benzene rings is 1. The number of nitrogens with two attached hydrogens (primary N) is 1. The quantitative estimate of drug-likeness (QED) is 0.893. The summed E-state index contributed by atoms with van der Waals surface area (Å²) in [6, 6.07) is 6.99. The van der Waals surface area contributed by atoms with Crippen LogP contribution in [0.3, 0.4) is 0 Å². The zero-order chi connectivity index (χ0) is 17.3. The summed E-state index contributed by atoms with van der Waals surface area (Å²) in [6.45, 7) is 2.17. The van der Waals surface area contributed by atoms with Crippen molar-refractivity contribution >= 4 is 28.2 Å². The normalized spacial score (nSPS) is 16.3. The van der Waals surface area contributed by atoms with Gasteiger partial charge in [0.2, 0.25) is 0 Å². The third-order valence-electron chi connectivity index (χ3n) is 4.33. The van der Waals surface area contributed by atoms with Crippen LogP contribution in [-0.2, 0) is 12.8 Å². The summed E-state index contributed by atoms with van der Waals surface area (Å²) in [4.78, 5) is 25.7. The summed E-state index contributed by atoms with van der Waals surface area (Å²) in [7, 11) is 1.52. The molecule has 1 aliphatic carbocycles. The van der Waals surface area contributed by atoms with Gasteiger partial charge in [0.1, 0.15) is 10.8 Å². The van der Waals surface area contributed by atoms with E-state index in [0.717, 1.165) is 29.7 Å². The maximum absolute atomic E-state index is 12.6. The highest BCUT2D eigenvalue weighted by Crippen LogP contribution is 2.39. The number of primary amides is 1. The van der Waals surface area contributed by atoms with Crippen molar-refractivity contribution in [1.29, 1.82) is 0 Å². The summed E-state index contributed by atoms with van der Waals surface area (Å²) in [6.07, 6.45) is 2.84. The molecule has 5 nitrogen and oxygen atoms in total. The van der Waals surface area contributed by atoms with Gasteiger partial charge >= 0.3 is 0 Å². The fraction of sp³-hybridized carbons (Fsp3) is 0.333. The lowest BCUT2D eigenvalue weighted by Crippen LogP contribution is -2.20. The molecule has 126 valence electrons. The van der Waals surface area contributed by atoms with E-state index in [1.165, 1.54) is 18.4 Å². The van der Waals surface area contributed by atoms with Crippen molar-refractivity contribution in [3.05, 3.63) is 45.8 Å². The van der Waals surface area contributed by atoms with Gasteiger partial charge in [-0.3, -0.25) is 9.59 Å². The average Bonchev–Trinajstić information content (AvgIpc) is 2.91. The Morgan fingerprint density at radius 3 is 2.79 bits per heavy atom. The minimum atomic E-state index is -0.489. The van der Waals surface area contributed by atoms with Crippen molar-refractivity contribution < 1.29 is 14.3 Å². The van der Waals surface area contributed by atoms with E-state index in [0.29, 0.717) is 27.8 Å². The second-order valence-corrected chi connectivity index (χ2v) is 7.18. The first-order valence-electron chi connectivity index (χ1n) is 7.90. The molecule has 3 N–H and O–H groups in total. The SMILES string of the molecule is COc1ccccc1C(=O)Nc1sc2c(c1C(N)=O)C[C@H](C)CC2. The molecule has 1 aromatic heterocycles. The number of amides is 2. The fourth-order valence-electron chi connectivity index (χ4n) is 3.11. The van der Waals surface area contributed by atoms with Gasteiger partial charge in [-0.25, -0.2) is 0 Å². The number of rotatable bonds is 4. The van der Waals surface area contributed by atoms with Gasteiger partial charge in [0.15, 0.2) is 0 Å². The predicted octanol–water partition coefficient (Wildman–Crippen LogP) is 3.23. The van der Waals surface area contributed by atoms with Crippen LogP contribution in [0.15, 0.2) is 24.3 Å². The molecular weight excluding hydrogens is 324 g/mol. The zero-order valence-corrected chi connectivity index (χ0v) is 14.5. The average molecular weight is 344 g/mol. The van der Waals surface area contributed by atoms with Gasteiger partial charge in [-0.1, -0.05) is 19.1 Å². The molecule has 2 amide bonds. The van der Waals surface area contributed by atoms with E-state index in [1.807, 2.05) is 0 Å². The molecule has 24 heavy (non-hydrogen) atoms.